The van der Waals surface area contributed by atoms with E-state index in [-0.39, 0.29) is 24.3 Å². The summed E-state index contributed by atoms with van der Waals surface area (Å²) >= 11 is 0. The van der Waals surface area contributed by atoms with Gasteiger partial charge in [0.15, 0.2) is 0 Å². The van der Waals surface area contributed by atoms with E-state index in [1.807, 2.05) is 42.4 Å². The van der Waals surface area contributed by atoms with E-state index in [0.717, 1.165) is 22.0 Å². The molecule has 0 saturated carbocycles. The number of esters is 1. The lowest BCUT2D eigenvalue weighted by Gasteiger charge is -2.30. The maximum Gasteiger partial charge on any atom is 0.319 e. The molecule has 1 aliphatic heterocycles. The summed E-state index contributed by atoms with van der Waals surface area (Å²) in [6, 6.07) is 7.85. The number of hydrogen-bond acceptors (Lipinski definition) is 7. The van der Waals surface area contributed by atoms with E-state index in [9.17, 15) is 9.59 Å². The number of amides is 1. The van der Waals surface area contributed by atoms with E-state index in [0.29, 0.717) is 31.7 Å². The van der Waals surface area contributed by atoms with Crippen LogP contribution in [-0.2, 0) is 21.4 Å². The first-order valence-electron chi connectivity index (χ1n) is 9.88. The SMILES string of the molecule is COC(=O)CN1CCC(C(=O)Nc2cc3cc(-c4cn(C)nn4)ccc3cn2)CC1. The number of aryl methyl sites for hydroxylation is 1. The van der Waals surface area contributed by atoms with Crippen molar-refractivity contribution in [1.82, 2.24) is 24.9 Å². The standard InChI is InChI=1S/C21H24N6O3/c1-26-12-18(24-25-26)15-3-4-16-11-22-19(10-17(16)9-15)23-21(29)14-5-7-27(8-6-14)13-20(28)30-2/h3-4,9-12,14H,5-8,13H2,1-2H3,(H,22,23,29). The lowest BCUT2D eigenvalue weighted by molar-refractivity contribution is -0.142. The number of anilines is 1. The molecule has 3 heterocycles. The number of ether oxygens (including phenoxy) is 1. The van der Waals surface area contributed by atoms with Crippen LogP contribution in [0.5, 0.6) is 0 Å². The van der Waals surface area contributed by atoms with Crippen LogP contribution in [0.15, 0.2) is 36.7 Å². The van der Waals surface area contributed by atoms with Crippen molar-refractivity contribution < 1.29 is 14.3 Å². The van der Waals surface area contributed by atoms with Crippen LogP contribution in [0, 0.1) is 5.92 Å². The molecule has 0 atom stereocenters. The van der Waals surface area contributed by atoms with Gasteiger partial charge in [0.2, 0.25) is 5.91 Å². The van der Waals surface area contributed by atoms with Crippen molar-refractivity contribution in [3.8, 4) is 11.3 Å². The van der Waals surface area contributed by atoms with E-state index in [1.54, 1.807) is 10.9 Å². The Balaban J connectivity index is 1.42. The zero-order valence-electron chi connectivity index (χ0n) is 17.0. The number of carbonyl (C=O) groups is 2. The molecule has 0 radical (unpaired) electrons. The minimum atomic E-state index is -0.251. The Morgan fingerprint density at radius 3 is 2.70 bits per heavy atom. The molecule has 9 nitrogen and oxygen atoms in total. The number of carbonyl (C=O) groups excluding carboxylic acids is 2. The first-order chi connectivity index (χ1) is 14.5. The van der Waals surface area contributed by atoms with Gasteiger partial charge in [0.05, 0.1) is 19.9 Å². The summed E-state index contributed by atoms with van der Waals surface area (Å²) in [7, 11) is 3.21. The number of rotatable bonds is 5. The quantitative estimate of drug-likeness (QED) is 0.643. The minimum absolute atomic E-state index is 0.0374. The van der Waals surface area contributed by atoms with Gasteiger partial charge < -0.3 is 10.1 Å². The van der Waals surface area contributed by atoms with Crippen LogP contribution in [0.2, 0.25) is 0 Å². The monoisotopic (exact) mass is 408 g/mol. The predicted molar refractivity (Wildman–Crippen MR) is 112 cm³/mol. The van der Waals surface area contributed by atoms with Crippen LogP contribution in [0.3, 0.4) is 0 Å². The fourth-order valence-corrected chi connectivity index (χ4v) is 3.68. The van der Waals surface area contributed by atoms with Gasteiger partial charge in [0.25, 0.3) is 0 Å². The molecule has 2 aromatic heterocycles. The summed E-state index contributed by atoms with van der Waals surface area (Å²) in [6.45, 7) is 1.66. The second-order valence-electron chi connectivity index (χ2n) is 7.52. The van der Waals surface area contributed by atoms with Crippen LogP contribution in [-0.4, -0.2) is 63.5 Å². The minimum Gasteiger partial charge on any atom is -0.468 e. The Morgan fingerprint density at radius 1 is 1.20 bits per heavy atom. The number of methoxy groups -OCH3 is 1. The number of likely N-dealkylation sites (tertiary alicyclic amines) is 1. The number of fused-ring (bicyclic) bond motifs is 1. The smallest absolute Gasteiger partial charge is 0.319 e. The molecule has 1 aliphatic rings. The highest BCUT2D eigenvalue weighted by atomic mass is 16.5. The summed E-state index contributed by atoms with van der Waals surface area (Å²) in [5.41, 5.74) is 1.75. The molecule has 3 aromatic rings. The number of aromatic nitrogens is 4. The van der Waals surface area contributed by atoms with Crippen LogP contribution in [0.1, 0.15) is 12.8 Å². The van der Waals surface area contributed by atoms with E-state index in [1.165, 1.54) is 7.11 Å². The van der Waals surface area contributed by atoms with E-state index < -0.39 is 0 Å². The van der Waals surface area contributed by atoms with Crippen LogP contribution >= 0.6 is 0 Å². The predicted octanol–water partition coefficient (Wildman–Crippen LogP) is 1.85. The lowest BCUT2D eigenvalue weighted by Crippen LogP contribution is -2.40. The summed E-state index contributed by atoms with van der Waals surface area (Å²) in [5, 5.41) is 13.0. The highest BCUT2D eigenvalue weighted by Crippen LogP contribution is 2.25. The maximum absolute atomic E-state index is 12.7. The van der Waals surface area contributed by atoms with Gasteiger partial charge >= 0.3 is 5.97 Å². The molecule has 1 N–H and O–H groups in total. The van der Waals surface area contributed by atoms with Gasteiger partial charge in [-0.3, -0.25) is 19.2 Å². The Morgan fingerprint density at radius 2 is 2.00 bits per heavy atom. The topological polar surface area (TPSA) is 102 Å². The Kier molecular flexibility index (Phi) is 5.71. The molecule has 0 aliphatic carbocycles. The molecule has 156 valence electrons. The zero-order valence-corrected chi connectivity index (χ0v) is 17.0. The number of pyridine rings is 1. The highest BCUT2D eigenvalue weighted by Gasteiger charge is 2.26. The molecule has 1 amide bonds. The third-order valence-electron chi connectivity index (χ3n) is 5.41. The van der Waals surface area contributed by atoms with Crippen molar-refractivity contribution in [2.75, 3.05) is 32.1 Å². The third kappa shape index (κ3) is 4.46. The summed E-state index contributed by atoms with van der Waals surface area (Å²) in [4.78, 5) is 30.5. The van der Waals surface area contributed by atoms with Gasteiger partial charge in [0.1, 0.15) is 11.5 Å². The molecule has 9 heteroatoms. The molecule has 1 aromatic carbocycles. The average molecular weight is 408 g/mol. The second kappa shape index (κ2) is 8.58. The summed E-state index contributed by atoms with van der Waals surface area (Å²) in [5.74, 6) is 0.145. The molecule has 1 fully saturated rings. The highest BCUT2D eigenvalue weighted by molar-refractivity contribution is 5.95. The molecule has 1 saturated heterocycles. The normalized spacial score (nSPS) is 15.3. The Bertz CT molecular complexity index is 1070. The maximum atomic E-state index is 12.7. The average Bonchev–Trinajstić information content (AvgIpc) is 3.20. The number of hydrogen-bond donors (Lipinski definition) is 1. The van der Waals surface area contributed by atoms with Crippen molar-refractivity contribution in [2.45, 2.75) is 12.8 Å². The van der Waals surface area contributed by atoms with Crippen molar-refractivity contribution in [2.24, 2.45) is 13.0 Å². The van der Waals surface area contributed by atoms with Gasteiger partial charge in [0, 0.05) is 30.1 Å². The Labute approximate surface area is 174 Å². The van der Waals surface area contributed by atoms with Gasteiger partial charge in [-0.1, -0.05) is 17.3 Å². The van der Waals surface area contributed by atoms with Crippen molar-refractivity contribution in [3.05, 3.63) is 36.7 Å². The second-order valence-corrected chi connectivity index (χ2v) is 7.52. The summed E-state index contributed by atoms with van der Waals surface area (Å²) < 4.78 is 6.36. The number of benzene rings is 1. The first-order valence-corrected chi connectivity index (χ1v) is 9.88. The fraction of sp³-hybridized carbons (Fsp3) is 0.381. The van der Waals surface area contributed by atoms with Gasteiger partial charge in [-0.05, 0) is 43.5 Å². The molecule has 30 heavy (non-hydrogen) atoms. The Hall–Kier alpha value is -3.33. The molecule has 4 rings (SSSR count). The molecule has 0 spiro atoms. The molecule has 0 unspecified atom stereocenters. The number of nitrogens with zero attached hydrogens (tertiary/aromatic N) is 5. The van der Waals surface area contributed by atoms with Gasteiger partial charge in [-0.25, -0.2) is 4.98 Å². The lowest BCUT2D eigenvalue weighted by atomic mass is 9.96. The number of nitrogens with one attached hydrogen (secondary N) is 1. The van der Waals surface area contributed by atoms with Crippen molar-refractivity contribution in [1.29, 1.82) is 0 Å². The van der Waals surface area contributed by atoms with Crippen molar-refractivity contribution in [3.63, 3.8) is 0 Å². The van der Waals surface area contributed by atoms with E-state index in [4.69, 9.17) is 4.74 Å². The first kappa shape index (κ1) is 20.0. The summed E-state index contributed by atoms with van der Waals surface area (Å²) in [6.07, 6.45) is 5.02. The van der Waals surface area contributed by atoms with Crippen LogP contribution in [0.25, 0.3) is 22.0 Å². The number of piperidine rings is 1. The zero-order chi connectivity index (χ0) is 21.1. The largest absolute Gasteiger partial charge is 0.468 e. The van der Waals surface area contributed by atoms with Crippen LogP contribution < -0.4 is 5.32 Å². The van der Waals surface area contributed by atoms with Gasteiger partial charge in [-0.15, -0.1) is 5.10 Å². The van der Waals surface area contributed by atoms with Crippen LogP contribution in [0.4, 0.5) is 5.82 Å². The molecular weight excluding hydrogens is 384 g/mol. The molecule has 0 bridgehead atoms. The fourth-order valence-electron chi connectivity index (χ4n) is 3.68. The molecular formula is C21H24N6O3. The van der Waals surface area contributed by atoms with E-state index in [2.05, 4.69) is 20.6 Å². The third-order valence-corrected chi connectivity index (χ3v) is 5.41. The van der Waals surface area contributed by atoms with Gasteiger partial charge in [-0.2, -0.15) is 0 Å². The van der Waals surface area contributed by atoms with Crippen molar-refractivity contribution >= 4 is 28.5 Å². The van der Waals surface area contributed by atoms with E-state index >= 15 is 0 Å².